The van der Waals surface area contributed by atoms with Gasteiger partial charge in [-0.2, -0.15) is 0 Å². The van der Waals surface area contributed by atoms with Crippen LogP contribution in [0.25, 0.3) is 0 Å². The average Bonchev–Trinajstić information content (AvgIpc) is 2.17. The third kappa shape index (κ3) is 3.44. The molecule has 0 spiro atoms. The van der Waals surface area contributed by atoms with Gasteiger partial charge in [0.25, 0.3) is 0 Å². The molecule has 15 heavy (non-hydrogen) atoms. The molecule has 1 heterocycles. The molecule has 0 radical (unpaired) electrons. The molecule has 0 fully saturated rings. The highest BCUT2D eigenvalue weighted by atomic mass is 35.5. The first kappa shape index (κ1) is 12.9. The molecule has 1 nitrogen and oxygen atoms in total. The summed E-state index contributed by atoms with van der Waals surface area (Å²) in [5.41, 5.74) is 2.44. The minimum atomic E-state index is 0.729. The third-order valence-corrected chi connectivity index (χ3v) is 5.09. The fourth-order valence-electron chi connectivity index (χ4n) is 1.09. The summed E-state index contributed by atoms with van der Waals surface area (Å²) in [4.78, 5) is 5.16. The van der Waals surface area contributed by atoms with Crippen molar-refractivity contribution in [1.82, 2.24) is 4.98 Å². The number of halogens is 1. The van der Waals surface area contributed by atoms with Gasteiger partial charge in [0.15, 0.2) is 0 Å². The number of allylic oxidation sites excluding steroid dienone is 1. The number of nitrogens with zero attached hydrogens (tertiary/aromatic N) is 1. The lowest BCUT2D eigenvalue weighted by molar-refractivity contribution is 1.19. The maximum Gasteiger partial charge on any atom is 0.0731 e. The normalized spacial score (nSPS) is 10.2. The molecular formula is C11H14ClNS2. The first-order valence-electron chi connectivity index (χ1n) is 4.55. The van der Waals surface area contributed by atoms with E-state index in [-0.39, 0.29) is 0 Å². The largest absolute Gasteiger partial charge is 0.263 e. The van der Waals surface area contributed by atoms with Crippen molar-refractivity contribution in [2.45, 2.75) is 25.7 Å². The third-order valence-electron chi connectivity index (χ3n) is 1.82. The monoisotopic (exact) mass is 259 g/mol. The number of aromatic nitrogens is 1. The molecule has 0 saturated carbocycles. The van der Waals surface area contributed by atoms with Crippen LogP contribution in [0.4, 0.5) is 0 Å². The number of thioether (sulfide) groups is 2. The molecule has 0 amide bonds. The Balaban J connectivity index is 3.04. The summed E-state index contributed by atoms with van der Waals surface area (Å²) >= 11 is 9.59. The Morgan fingerprint density at radius 3 is 2.47 bits per heavy atom. The van der Waals surface area contributed by atoms with E-state index in [1.807, 2.05) is 13.1 Å². The molecule has 4 heteroatoms. The predicted molar refractivity (Wildman–Crippen MR) is 71.7 cm³/mol. The lowest BCUT2D eigenvalue weighted by Gasteiger charge is -2.10. The van der Waals surface area contributed by atoms with E-state index in [0.29, 0.717) is 0 Å². The van der Waals surface area contributed by atoms with Crippen molar-refractivity contribution in [3.05, 3.63) is 32.8 Å². The highest BCUT2D eigenvalue weighted by molar-refractivity contribution is 8.22. The van der Waals surface area contributed by atoms with Crippen LogP contribution in [-0.4, -0.2) is 11.2 Å². The van der Waals surface area contributed by atoms with Crippen LogP contribution in [0.3, 0.4) is 0 Å². The zero-order valence-corrected chi connectivity index (χ0v) is 11.7. The van der Waals surface area contributed by atoms with Gasteiger partial charge >= 0.3 is 0 Å². The second kappa shape index (κ2) is 5.83. The van der Waals surface area contributed by atoms with Gasteiger partial charge in [0, 0.05) is 21.5 Å². The summed E-state index contributed by atoms with van der Waals surface area (Å²) in [5, 5.41) is 0.729. The molecule has 82 valence electrons. The number of aryl methyl sites for hydroxylation is 1. The first-order chi connectivity index (χ1) is 7.06. The van der Waals surface area contributed by atoms with Crippen LogP contribution in [0.15, 0.2) is 27.1 Å². The SMILES string of the molecule is CSC(Sc1c(C)cncc1Cl)=C(C)C. The van der Waals surface area contributed by atoms with Gasteiger partial charge in [-0.1, -0.05) is 28.9 Å². The van der Waals surface area contributed by atoms with Gasteiger partial charge in [0.1, 0.15) is 0 Å². The lowest BCUT2D eigenvalue weighted by Crippen LogP contribution is -1.85. The van der Waals surface area contributed by atoms with Crippen LogP contribution in [0.2, 0.25) is 5.02 Å². The molecule has 0 atom stereocenters. The molecule has 0 saturated heterocycles. The molecule has 1 rings (SSSR count). The average molecular weight is 260 g/mol. The smallest absolute Gasteiger partial charge is 0.0731 e. The van der Waals surface area contributed by atoms with Gasteiger partial charge in [-0.05, 0) is 32.6 Å². The molecule has 1 aromatic rings. The van der Waals surface area contributed by atoms with E-state index in [0.717, 1.165) is 15.5 Å². The van der Waals surface area contributed by atoms with Crippen LogP contribution < -0.4 is 0 Å². The summed E-state index contributed by atoms with van der Waals surface area (Å²) in [6, 6.07) is 0. The van der Waals surface area contributed by atoms with Crippen LogP contribution in [0.5, 0.6) is 0 Å². The van der Waals surface area contributed by atoms with Gasteiger partial charge < -0.3 is 0 Å². The van der Waals surface area contributed by atoms with E-state index in [9.17, 15) is 0 Å². The van der Waals surface area contributed by atoms with Crippen molar-refractivity contribution in [3.63, 3.8) is 0 Å². The van der Waals surface area contributed by atoms with E-state index in [4.69, 9.17) is 11.6 Å². The van der Waals surface area contributed by atoms with Gasteiger partial charge in [-0.3, -0.25) is 4.98 Å². The Kier molecular flexibility index (Phi) is 5.03. The number of rotatable bonds is 3. The van der Waals surface area contributed by atoms with E-state index < -0.39 is 0 Å². The Morgan fingerprint density at radius 2 is 2.00 bits per heavy atom. The standard InChI is InChI=1S/C11H14ClNS2/c1-7(2)11(14-4)15-10-8(3)5-13-6-9(10)12/h5-6H,1-4H3. The number of hydrogen-bond donors (Lipinski definition) is 0. The Bertz CT molecular complexity index is 364. The molecule has 0 aliphatic rings. The highest BCUT2D eigenvalue weighted by Crippen LogP contribution is 2.40. The summed E-state index contributed by atoms with van der Waals surface area (Å²) in [6.45, 7) is 6.26. The van der Waals surface area contributed by atoms with E-state index in [1.165, 1.54) is 9.81 Å². The molecule has 0 bridgehead atoms. The minimum Gasteiger partial charge on any atom is -0.263 e. The summed E-state index contributed by atoms with van der Waals surface area (Å²) in [5.74, 6) is 0. The van der Waals surface area contributed by atoms with E-state index in [2.05, 4.69) is 25.1 Å². The molecule has 0 aliphatic carbocycles. The van der Waals surface area contributed by atoms with E-state index in [1.54, 1.807) is 29.7 Å². The molecule has 1 aromatic heterocycles. The topological polar surface area (TPSA) is 12.9 Å². The second-order valence-electron chi connectivity index (χ2n) is 3.36. The Hall–Kier alpha value is -0.120. The van der Waals surface area contributed by atoms with Crippen molar-refractivity contribution in [2.75, 3.05) is 6.26 Å². The fraction of sp³-hybridized carbons (Fsp3) is 0.364. The maximum atomic E-state index is 6.12. The van der Waals surface area contributed by atoms with Crippen LogP contribution >= 0.6 is 35.1 Å². The summed E-state index contributed by atoms with van der Waals surface area (Å²) in [6.07, 6.45) is 5.62. The van der Waals surface area contributed by atoms with Gasteiger partial charge in [-0.15, -0.1) is 11.8 Å². The lowest BCUT2D eigenvalue weighted by atomic mass is 10.3. The number of hydrogen-bond acceptors (Lipinski definition) is 3. The highest BCUT2D eigenvalue weighted by Gasteiger charge is 2.08. The summed E-state index contributed by atoms with van der Waals surface area (Å²) < 4.78 is 1.30. The molecule has 0 unspecified atom stereocenters. The molecule has 0 N–H and O–H groups in total. The second-order valence-corrected chi connectivity index (χ2v) is 5.86. The quantitative estimate of drug-likeness (QED) is 0.727. The van der Waals surface area contributed by atoms with Crippen molar-refractivity contribution in [3.8, 4) is 0 Å². The predicted octanol–water partition coefficient (Wildman–Crippen LogP) is 4.75. The fourth-order valence-corrected chi connectivity index (χ4v) is 3.16. The zero-order chi connectivity index (χ0) is 11.4. The van der Waals surface area contributed by atoms with Gasteiger partial charge in [0.05, 0.1) is 5.02 Å². The maximum absolute atomic E-state index is 6.12. The molecule has 0 aromatic carbocycles. The van der Waals surface area contributed by atoms with E-state index >= 15 is 0 Å². The van der Waals surface area contributed by atoms with Crippen molar-refractivity contribution in [1.29, 1.82) is 0 Å². The Labute approximate surface area is 105 Å². The minimum absolute atomic E-state index is 0.729. The van der Waals surface area contributed by atoms with Crippen molar-refractivity contribution >= 4 is 35.1 Å². The number of pyridine rings is 1. The van der Waals surface area contributed by atoms with Crippen LogP contribution in [0.1, 0.15) is 19.4 Å². The first-order valence-corrected chi connectivity index (χ1v) is 6.97. The molecule has 0 aliphatic heterocycles. The van der Waals surface area contributed by atoms with Gasteiger partial charge in [-0.25, -0.2) is 0 Å². The summed E-state index contributed by atoms with van der Waals surface area (Å²) in [7, 11) is 0. The van der Waals surface area contributed by atoms with Crippen molar-refractivity contribution in [2.24, 2.45) is 0 Å². The van der Waals surface area contributed by atoms with Crippen molar-refractivity contribution < 1.29 is 0 Å². The Morgan fingerprint density at radius 1 is 1.33 bits per heavy atom. The molecular weight excluding hydrogens is 246 g/mol. The van der Waals surface area contributed by atoms with Crippen LogP contribution in [0, 0.1) is 6.92 Å². The zero-order valence-electron chi connectivity index (χ0n) is 9.30. The van der Waals surface area contributed by atoms with Gasteiger partial charge in [0.2, 0.25) is 0 Å². The van der Waals surface area contributed by atoms with Crippen LogP contribution in [-0.2, 0) is 0 Å².